The predicted molar refractivity (Wildman–Crippen MR) is 395 cm³/mol. The summed E-state index contributed by atoms with van der Waals surface area (Å²) in [5, 5.41) is 53.2. The largest absolute Gasteiger partial charge is 0.507 e. The third-order valence-electron chi connectivity index (χ3n) is 17.3. The van der Waals surface area contributed by atoms with Crippen LogP contribution >= 0.6 is 22.6 Å². The average molecular weight is 1560 g/mol. The molecule has 6 rings (SSSR count). The molecule has 2 saturated heterocycles. The molecule has 2 heterocycles. The first-order chi connectivity index (χ1) is 49.5. The van der Waals surface area contributed by atoms with E-state index in [0.717, 1.165) is 15.7 Å². The Morgan fingerprint density at radius 3 is 1.77 bits per heavy atom. The van der Waals surface area contributed by atoms with E-state index in [-0.39, 0.29) is 171 Å². The van der Waals surface area contributed by atoms with E-state index in [1.165, 1.54) is 51.2 Å². The first-order valence-corrected chi connectivity index (χ1v) is 35.2. The van der Waals surface area contributed by atoms with Crippen molar-refractivity contribution in [2.75, 3.05) is 117 Å². The zero-order valence-electron chi connectivity index (χ0n) is 58.6. The van der Waals surface area contributed by atoms with Crippen molar-refractivity contribution in [1.29, 1.82) is 0 Å². The Labute approximate surface area is 615 Å². The quantitative estimate of drug-likeness (QED) is 0.0112. The van der Waals surface area contributed by atoms with Crippen molar-refractivity contribution in [3.8, 4) is 5.75 Å². The van der Waals surface area contributed by atoms with Crippen molar-refractivity contribution in [3.05, 3.63) is 105 Å². The molecule has 35 heteroatoms. The van der Waals surface area contributed by atoms with Gasteiger partial charge >= 0.3 is 11.9 Å². The van der Waals surface area contributed by atoms with Crippen molar-refractivity contribution >= 4 is 122 Å². The van der Waals surface area contributed by atoms with Crippen molar-refractivity contribution < 1.29 is 72.9 Å². The molecule has 2 aliphatic rings. The first kappa shape index (κ1) is 82.8. The molecule has 0 bridgehead atoms. The fourth-order valence-corrected chi connectivity index (χ4v) is 12.3. The number of phenolic OH excluding ortho intramolecular Hbond substituents is 1. The third kappa shape index (κ3) is 28.6. The van der Waals surface area contributed by atoms with Crippen LogP contribution in [0.2, 0.25) is 0 Å². The van der Waals surface area contributed by atoms with Gasteiger partial charge in [-0.15, -0.1) is 0 Å². The molecule has 19 N–H and O–H groups in total. The number of aromatic hydroxyl groups is 1. The number of hydrogen-bond acceptors (Lipinski definition) is 19. The molecule has 0 unspecified atom stereocenters. The highest BCUT2D eigenvalue weighted by Gasteiger charge is 2.36. The normalized spacial score (nSPS) is 18.7. The zero-order valence-corrected chi connectivity index (χ0v) is 60.7. The van der Waals surface area contributed by atoms with Gasteiger partial charge in [-0.3, -0.25) is 87.1 Å². The van der Waals surface area contributed by atoms with Crippen LogP contribution in [-0.4, -0.2) is 271 Å². The number of likely N-dealkylation sites (N-methyl/N-ethyl adjacent to an activating group) is 1. The summed E-state index contributed by atoms with van der Waals surface area (Å²) in [5.41, 5.74) is 23.9. The number of fused-ring (bicyclic) bond motifs is 1. The number of ketones is 1. The van der Waals surface area contributed by atoms with Gasteiger partial charge in [0.25, 0.3) is 5.91 Å². The number of aliphatic imine (C=N–C) groups is 2. The van der Waals surface area contributed by atoms with Gasteiger partial charge in [-0.25, -0.2) is 0 Å². The number of carbonyl (C=O) groups is 12. The topological polar surface area (TPSA) is 507 Å². The number of carbonyl (C=O) groups excluding carboxylic acids is 10. The Hall–Kier alpha value is -10.1. The maximum Gasteiger partial charge on any atom is 0.317 e. The van der Waals surface area contributed by atoms with E-state index in [9.17, 15) is 72.9 Å². The lowest BCUT2D eigenvalue weighted by Crippen LogP contribution is -2.58. The number of hydrogen-bond donors (Lipinski definition) is 15. The molecule has 6 atom stereocenters. The lowest BCUT2D eigenvalue weighted by molar-refractivity contribution is -0.142. The van der Waals surface area contributed by atoms with Gasteiger partial charge in [-0.2, -0.15) is 0 Å². The fourth-order valence-electron chi connectivity index (χ4n) is 11.7. The van der Waals surface area contributed by atoms with Crippen molar-refractivity contribution in [2.24, 2.45) is 32.9 Å². The summed E-state index contributed by atoms with van der Waals surface area (Å²) in [6.45, 7) is 3.52. The van der Waals surface area contributed by atoms with Gasteiger partial charge in [0.15, 0.2) is 11.9 Å². The van der Waals surface area contributed by atoms with Crippen LogP contribution in [0, 0.1) is 3.57 Å². The van der Waals surface area contributed by atoms with E-state index < -0.39 is 108 Å². The highest BCUT2D eigenvalue weighted by atomic mass is 127. The summed E-state index contributed by atoms with van der Waals surface area (Å²) in [7, 11) is 1.37. The lowest BCUT2D eigenvalue weighted by atomic mass is 10.00. The number of benzene rings is 4. The van der Waals surface area contributed by atoms with Gasteiger partial charge in [-0.05, 0) is 133 Å². The van der Waals surface area contributed by atoms with Gasteiger partial charge in [0.1, 0.15) is 47.8 Å². The molecule has 0 saturated carbocycles. The summed E-state index contributed by atoms with van der Waals surface area (Å²) in [5.74, 6) is -8.92. The molecular weight excluding hydrogens is 1460 g/mol. The number of phenols is 1. The molecule has 2 aliphatic heterocycles. The van der Waals surface area contributed by atoms with Gasteiger partial charge in [0, 0.05) is 103 Å². The van der Waals surface area contributed by atoms with Crippen LogP contribution in [0.4, 0.5) is 5.69 Å². The number of guanidine groups is 2. The summed E-state index contributed by atoms with van der Waals surface area (Å²) in [4.78, 5) is 179. The molecule has 2 fully saturated rings. The monoisotopic (exact) mass is 1560 g/mol. The van der Waals surface area contributed by atoms with Crippen LogP contribution in [-0.2, 0) is 65.6 Å². The molecule has 34 nitrogen and oxygen atoms in total. The number of aliphatic carboxylic acids is 2. The van der Waals surface area contributed by atoms with Crippen molar-refractivity contribution in [1.82, 2.24) is 61.7 Å². The second-order valence-corrected chi connectivity index (χ2v) is 26.8. The second kappa shape index (κ2) is 41.9. The Morgan fingerprint density at radius 2 is 1.17 bits per heavy atom. The Balaban J connectivity index is 1.12. The minimum Gasteiger partial charge on any atom is -0.507 e. The number of nitrogens with two attached hydrogens (primary N) is 4. The molecule has 0 aromatic heterocycles. The molecule has 564 valence electrons. The molecule has 9 amide bonds. The predicted octanol–water partition coefficient (Wildman–Crippen LogP) is -2.43. The molecule has 4 aromatic carbocycles. The maximum atomic E-state index is 14.8. The summed E-state index contributed by atoms with van der Waals surface area (Å²) in [6, 6.07) is 16.0. The SMILES string of the molecule is CC(=O)CN1CCN(CC(=O)O)CCN(CC(=O)O)CCN(CC(=O)N[C@@H](CCCN=C(N)N)C(=O)N[C@@H](C)C(=O)Nc2ccc(C(=O)NCCC[C@@H]3C(=O)N[C@@H](CCCN=C(N)N)C(=O)N[C@@H](Cc4ccc5ccccc5c4)C(=O)NCC(=O)N[C@H](Cc4ccc(O)c(I)c4)C(=O)N3C)cc2)CC1. The fraction of sp³-hybridized carbons (Fsp3) is 0.478. The van der Waals surface area contributed by atoms with Gasteiger partial charge in [-0.1, -0.05) is 48.5 Å². The number of halogens is 1. The molecular formula is C69H96IN19O15. The second-order valence-electron chi connectivity index (χ2n) is 25.6. The Morgan fingerprint density at radius 1 is 0.615 bits per heavy atom. The maximum absolute atomic E-state index is 14.8. The summed E-state index contributed by atoms with van der Waals surface area (Å²) < 4.78 is 0.462. The molecule has 0 radical (unpaired) electrons. The van der Waals surface area contributed by atoms with Crippen LogP contribution in [0.25, 0.3) is 10.8 Å². The minimum atomic E-state index is -1.33. The van der Waals surface area contributed by atoms with Crippen LogP contribution in [0.3, 0.4) is 0 Å². The number of nitrogens with one attached hydrogen (secondary N) is 8. The van der Waals surface area contributed by atoms with E-state index in [2.05, 4.69) is 52.5 Å². The highest BCUT2D eigenvalue weighted by Crippen LogP contribution is 2.23. The third-order valence-corrected chi connectivity index (χ3v) is 18.1. The van der Waals surface area contributed by atoms with E-state index in [1.54, 1.807) is 26.8 Å². The molecule has 4 aromatic rings. The summed E-state index contributed by atoms with van der Waals surface area (Å²) in [6.07, 6.45) is 0.288. The number of carboxylic acids is 2. The minimum absolute atomic E-state index is 0.0147. The van der Waals surface area contributed by atoms with E-state index in [0.29, 0.717) is 27.8 Å². The first-order valence-electron chi connectivity index (χ1n) is 34.1. The van der Waals surface area contributed by atoms with Gasteiger partial charge in [0.2, 0.25) is 47.3 Å². The number of rotatable bonds is 30. The summed E-state index contributed by atoms with van der Waals surface area (Å²) >= 11 is 1.92. The van der Waals surface area contributed by atoms with Crippen LogP contribution < -0.4 is 65.5 Å². The molecule has 0 spiro atoms. The van der Waals surface area contributed by atoms with Crippen molar-refractivity contribution in [2.45, 2.75) is 101 Å². The number of Topliss-reactive ketones (excluding diaryl/α,β-unsaturated/α-hetero) is 1. The lowest BCUT2D eigenvalue weighted by Gasteiger charge is -2.33. The number of amides is 9. The van der Waals surface area contributed by atoms with E-state index >= 15 is 0 Å². The van der Waals surface area contributed by atoms with Gasteiger partial charge in [0.05, 0.1) is 36.3 Å². The number of carboxylic acid groups (broad SMARTS) is 2. The number of anilines is 1. The van der Waals surface area contributed by atoms with Crippen LogP contribution in [0.1, 0.15) is 73.9 Å². The standard InChI is InChI=1S/C69H96IN19O15/c1-42(90)38-86-25-27-87(28-30-89(41-60(96)97)32-31-88(29-26-86)40-59(94)95)39-58(93)81-51(11-6-23-76-68(71)72)64(101)79-43(2)61(98)80-49-19-17-47(18-20-49)62(99)75-22-8-13-55-66(103)83-52(12-7-24-77-69(73)74)65(102)84-53(35-44-14-16-46-9-4-5-10-48(46)33-44)63(100)78-37-57(92)82-54(67(104)85(55)3)36-45-15-21-56(91)50(70)34-45/h4-5,9-10,14-21,33-34,43,51-55,91H,6-8,11-13,22-32,35-41H2,1-3H3,(H,75,99)(H,78,100)(H,79,101)(H,80,98)(H,81,93)(H,82,92)(H,83,103)(H,84,102)(H,94,95)(H,96,97)(H4,71,72,76)(H4,73,74,77)/t43-,51-,52-,53-,54+,55+/m0/s1. The smallest absolute Gasteiger partial charge is 0.317 e. The average Bonchev–Trinajstić information content (AvgIpc) is 1.06. The zero-order chi connectivity index (χ0) is 76.0. The Kier molecular flexibility index (Phi) is 33.3. The van der Waals surface area contributed by atoms with Crippen molar-refractivity contribution in [3.63, 3.8) is 0 Å². The van der Waals surface area contributed by atoms with Crippen LogP contribution in [0.5, 0.6) is 5.75 Å². The molecule has 0 aliphatic carbocycles. The van der Waals surface area contributed by atoms with Crippen LogP contribution in [0.15, 0.2) is 94.9 Å². The molecule has 104 heavy (non-hydrogen) atoms. The van der Waals surface area contributed by atoms with E-state index in [4.69, 9.17) is 22.9 Å². The number of nitrogens with zero attached hydrogens (tertiary/aromatic N) is 7. The Bertz CT molecular complexity index is 3710. The van der Waals surface area contributed by atoms with E-state index in [1.807, 2.05) is 70.0 Å². The highest BCUT2D eigenvalue weighted by molar-refractivity contribution is 14.1. The van der Waals surface area contributed by atoms with Gasteiger partial charge < -0.3 is 85.7 Å².